The number of fused-ring (bicyclic) bond motifs is 2. The summed E-state index contributed by atoms with van der Waals surface area (Å²) in [6.45, 7) is 5.33. The molecule has 37 heavy (non-hydrogen) atoms. The largest absolute Gasteiger partial charge is 1.00 e. The first-order valence-corrected chi connectivity index (χ1v) is 13.5. The molecule has 0 bridgehead atoms. The van der Waals surface area contributed by atoms with Crippen molar-refractivity contribution >= 4 is 93.0 Å². The Bertz CT molecular complexity index is 1170. The summed E-state index contributed by atoms with van der Waals surface area (Å²) in [5.41, 5.74) is 1.90. The molecule has 0 saturated carbocycles. The third-order valence-electron chi connectivity index (χ3n) is 3.51. The Kier molecular flexibility index (Phi) is 29.5. The van der Waals surface area contributed by atoms with Crippen molar-refractivity contribution in [2.24, 2.45) is 0 Å². The van der Waals surface area contributed by atoms with E-state index in [4.69, 9.17) is 36.2 Å². The quantitative estimate of drug-likeness (QED) is 0.0694. The number of carbonyl (C=O) groups excluding carboxylic acids is 1. The van der Waals surface area contributed by atoms with Crippen LogP contribution in [0, 0.1) is 0 Å². The minimum atomic E-state index is -0.181. The number of phenols is 1. The van der Waals surface area contributed by atoms with Gasteiger partial charge in [0.25, 0.3) is 6.47 Å². The summed E-state index contributed by atoms with van der Waals surface area (Å²) in [6, 6.07) is 11.3. The van der Waals surface area contributed by atoms with Crippen molar-refractivity contribution in [2.75, 3.05) is 26.1 Å². The fourth-order valence-corrected chi connectivity index (χ4v) is 5.15. The van der Waals surface area contributed by atoms with Gasteiger partial charge in [0.05, 0.1) is 20.4 Å². The summed E-state index contributed by atoms with van der Waals surface area (Å²) in [4.78, 5) is 19.7. The van der Waals surface area contributed by atoms with E-state index in [2.05, 4.69) is 51.5 Å². The van der Waals surface area contributed by atoms with Gasteiger partial charge in [0.2, 0.25) is 0 Å². The molecule has 0 fully saturated rings. The van der Waals surface area contributed by atoms with Gasteiger partial charge in [0.1, 0.15) is 17.6 Å². The Hall–Kier alpha value is 2.52. The third kappa shape index (κ3) is 18.6. The van der Waals surface area contributed by atoms with Crippen molar-refractivity contribution in [3.8, 4) is 11.5 Å². The minimum Gasteiger partial charge on any atom is -1.00 e. The van der Waals surface area contributed by atoms with Crippen molar-refractivity contribution in [3.05, 3.63) is 44.2 Å². The fraction of sp³-hybridized carbons (Fsp3) is 0.286. The monoisotopic (exact) mass is 941 g/mol. The molecule has 2 aromatic heterocycles. The van der Waals surface area contributed by atoms with E-state index in [1.807, 2.05) is 32.0 Å². The number of nitrogens with zero attached hydrogens (tertiary/aromatic N) is 2. The molecule has 2 heterocycles. The summed E-state index contributed by atoms with van der Waals surface area (Å²) in [5.74, 6) is 1.10. The van der Waals surface area contributed by atoms with Gasteiger partial charge in [0, 0.05) is 14.6 Å². The van der Waals surface area contributed by atoms with Crippen LogP contribution in [0.4, 0.5) is 0 Å². The number of phenolic OH excluding ortho intramolecular Hbond substituents is 1. The molecule has 0 saturated heterocycles. The molecule has 196 valence electrons. The molecule has 0 aliphatic carbocycles. The molecule has 16 heteroatoms. The standard InChI is InChI=1S/C10H10BrNO2S.C7H4BrNOS.C3H7ClO.CH2O3.2Cs.H2.H/c1-2-13-6-14-7-3-4-8-9(5-7)15-10(11)12-8;8-7-9-5-2-1-4(10)3-6(5)11-7;1-2-5-3-4;2-1-4-3;;;;/h3-5H,2,6H2,1H3;1-3,10H;2-3H2,1H3;1,3H;;;1H;/q;;;;2*+1;;-1/p-1/i;;;;;;1+1;. The summed E-state index contributed by atoms with van der Waals surface area (Å²) in [7, 11) is 0. The fourth-order valence-electron chi connectivity index (χ4n) is 2.12. The number of ether oxygens (including phenoxy) is 3. The number of hydrogen-bond acceptors (Lipinski definition) is 11. The number of halogens is 3. The first kappa shape index (κ1) is 41.7. The Morgan fingerprint density at radius 1 is 1.03 bits per heavy atom. The van der Waals surface area contributed by atoms with E-state index in [-0.39, 0.29) is 153 Å². The molecular formula is C21H25Br2ClCs2N2O7S2. The molecule has 0 aliphatic heterocycles. The van der Waals surface area contributed by atoms with Crippen molar-refractivity contribution in [1.29, 1.82) is 0 Å². The molecule has 4 aromatic rings. The summed E-state index contributed by atoms with van der Waals surface area (Å²) < 4.78 is 19.0. The molecule has 2 aromatic carbocycles. The zero-order valence-electron chi connectivity index (χ0n) is 21.6. The van der Waals surface area contributed by atoms with Crippen LogP contribution < -0.4 is 148 Å². The van der Waals surface area contributed by atoms with Crippen molar-refractivity contribution < 1.29 is 175 Å². The molecule has 0 radical (unpaired) electrons. The maximum atomic E-state index is 9.10. The molecule has 0 unspecified atom stereocenters. The van der Waals surface area contributed by atoms with Crippen LogP contribution in [-0.4, -0.2) is 47.6 Å². The number of thiazole rings is 2. The van der Waals surface area contributed by atoms with Crippen molar-refractivity contribution in [2.45, 2.75) is 13.8 Å². The minimum absolute atomic E-state index is 0. The average Bonchev–Trinajstić information content (AvgIpc) is 3.40. The predicted molar refractivity (Wildman–Crippen MR) is 146 cm³/mol. The molecule has 9 nitrogen and oxygen atoms in total. The van der Waals surface area contributed by atoms with Crippen LogP contribution in [0.3, 0.4) is 0 Å². The average molecular weight is 944 g/mol. The van der Waals surface area contributed by atoms with Gasteiger partial charge >= 0.3 is 138 Å². The number of carbonyl (C=O) groups is 1. The summed E-state index contributed by atoms with van der Waals surface area (Å²) in [5, 5.41) is 17.5. The molecule has 1 N–H and O–H groups in total. The summed E-state index contributed by atoms with van der Waals surface area (Å²) >= 11 is 14.8. The number of benzene rings is 2. The Balaban J connectivity index is -0.000000227. The van der Waals surface area contributed by atoms with E-state index in [1.165, 1.54) is 11.3 Å². The maximum Gasteiger partial charge on any atom is 1.00 e. The number of hydrogen-bond donors (Lipinski definition) is 1. The number of rotatable bonds is 7. The van der Waals surface area contributed by atoms with Gasteiger partial charge in [-0.2, -0.15) is 0 Å². The Morgan fingerprint density at radius 2 is 1.54 bits per heavy atom. The van der Waals surface area contributed by atoms with E-state index < -0.39 is 0 Å². The van der Waals surface area contributed by atoms with Gasteiger partial charge in [-0.3, -0.25) is 4.79 Å². The molecule has 0 spiro atoms. The van der Waals surface area contributed by atoms with E-state index in [9.17, 15) is 0 Å². The van der Waals surface area contributed by atoms with Crippen LogP contribution in [-0.2, 0) is 19.2 Å². The van der Waals surface area contributed by atoms with Crippen molar-refractivity contribution in [3.63, 3.8) is 0 Å². The Morgan fingerprint density at radius 3 is 2.00 bits per heavy atom. The van der Waals surface area contributed by atoms with Gasteiger partial charge < -0.3 is 30.9 Å². The Labute approximate surface area is 365 Å². The SMILES string of the molecule is CCOCCl.CCOCOc1ccc2nc(Br)sc2c1.O=CO[O-].Oc1ccc2nc(Br)sc2c1.[2HH].[Cs+].[Cs+].[H-]. The van der Waals surface area contributed by atoms with E-state index in [1.54, 1.807) is 29.5 Å². The van der Waals surface area contributed by atoms with Gasteiger partial charge in [-0.1, -0.05) is 11.6 Å². The van der Waals surface area contributed by atoms with Gasteiger partial charge in [0.15, 0.2) is 14.6 Å². The van der Waals surface area contributed by atoms with Crippen LogP contribution in [0.25, 0.3) is 20.4 Å². The second-order valence-corrected chi connectivity index (χ2v) is 10.6. The van der Waals surface area contributed by atoms with Crippen LogP contribution in [0.5, 0.6) is 11.5 Å². The van der Waals surface area contributed by atoms with E-state index >= 15 is 0 Å². The number of aromatic hydroxyl groups is 1. The molecular weight excluding hydrogens is 917 g/mol. The zero-order valence-corrected chi connectivity index (χ0v) is 38.7. The first-order chi connectivity index (χ1) is 16.9. The third-order valence-corrected chi connectivity index (χ3v) is 6.61. The van der Waals surface area contributed by atoms with Crippen molar-refractivity contribution in [1.82, 2.24) is 9.97 Å². The second-order valence-electron chi connectivity index (χ2n) is 5.76. The summed E-state index contributed by atoms with van der Waals surface area (Å²) in [6.07, 6.45) is 0. The maximum absolute atomic E-state index is 9.10. The van der Waals surface area contributed by atoms with Crippen LogP contribution >= 0.6 is 66.1 Å². The van der Waals surface area contributed by atoms with Crippen LogP contribution in [0.2, 0.25) is 0 Å². The van der Waals surface area contributed by atoms with Crippen LogP contribution in [0.15, 0.2) is 44.2 Å². The first-order valence-electron chi connectivity index (χ1n) is 9.76. The molecule has 0 atom stereocenters. The van der Waals surface area contributed by atoms with E-state index in [0.29, 0.717) is 26.1 Å². The van der Waals surface area contributed by atoms with Crippen LogP contribution in [0.1, 0.15) is 16.7 Å². The topological polar surface area (TPSA) is 123 Å². The predicted octanol–water partition coefficient (Wildman–Crippen LogP) is 0.216. The van der Waals surface area contributed by atoms with Gasteiger partial charge in [-0.15, -0.1) is 22.7 Å². The number of alkyl halides is 1. The normalized spacial score (nSPS) is 9.24. The molecule has 0 amide bonds. The van der Waals surface area contributed by atoms with E-state index in [0.717, 1.165) is 34.0 Å². The van der Waals surface area contributed by atoms with Gasteiger partial charge in [-0.25, -0.2) is 9.97 Å². The smallest absolute Gasteiger partial charge is 1.00 e. The molecule has 0 aliphatic rings. The second kappa shape index (κ2) is 26.2. The molecule has 4 rings (SSSR count). The van der Waals surface area contributed by atoms with Gasteiger partial charge in [-0.05, 0) is 82.1 Å². The zero-order chi connectivity index (χ0) is 26.1. The number of aromatic nitrogens is 2.